The molecule has 110 valence electrons. The second-order valence-electron chi connectivity index (χ2n) is 5.81. The molecule has 0 bridgehead atoms. The van der Waals surface area contributed by atoms with E-state index >= 15 is 0 Å². The van der Waals surface area contributed by atoms with Crippen molar-refractivity contribution in [3.05, 3.63) is 36.3 Å². The number of hydrogen-bond donors (Lipinski definition) is 0. The minimum atomic E-state index is -2.79. The fourth-order valence-electron chi connectivity index (χ4n) is 1.85. The minimum Gasteiger partial charge on any atom is -0.399 e. The molecule has 0 radical (unpaired) electrons. The molecule has 1 saturated heterocycles. The number of nitrogens with zero attached hydrogens (tertiary/aromatic N) is 3. The lowest BCUT2D eigenvalue weighted by atomic mass is 9.82. The van der Waals surface area contributed by atoms with Crippen LogP contribution in [0.3, 0.4) is 0 Å². The molecule has 3 rings (SSSR count). The fourth-order valence-corrected chi connectivity index (χ4v) is 1.85. The third kappa shape index (κ3) is 2.49. The Balaban J connectivity index is 2.20. The maximum absolute atomic E-state index is 8.45. The van der Waals surface area contributed by atoms with E-state index in [2.05, 4.69) is 10.1 Å². The molecule has 2 aromatic rings. The van der Waals surface area contributed by atoms with Gasteiger partial charge in [-0.15, -0.1) is 0 Å². The van der Waals surface area contributed by atoms with Crippen molar-refractivity contribution >= 4 is 12.6 Å². The molecule has 0 N–H and O–H groups in total. The lowest BCUT2D eigenvalue weighted by Crippen LogP contribution is -2.41. The van der Waals surface area contributed by atoms with Gasteiger partial charge in [-0.05, 0) is 46.6 Å². The van der Waals surface area contributed by atoms with Crippen molar-refractivity contribution in [3.63, 3.8) is 0 Å². The van der Waals surface area contributed by atoms with Crippen molar-refractivity contribution in [2.75, 3.05) is 0 Å². The SMILES string of the molecule is [2H]c1nc(C([2H])([2H])[2H])c([2H])c(-n2nc([2H])c(B3OC(C)(C)C(C)(C)O3)c2[2H])c1[2H]. The highest BCUT2D eigenvalue weighted by Crippen LogP contribution is 2.36. The lowest BCUT2D eigenvalue weighted by Gasteiger charge is -2.32. The van der Waals surface area contributed by atoms with E-state index in [1.54, 1.807) is 0 Å². The molecule has 0 aromatic carbocycles. The number of aromatic nitrogens is 3. The van der Waals surface area contributed by atoms with E-state index in [9.17, 15) is 0 Å². The van der Waals surface area contributed by atoms with Crippen LogP contribution in [0.1, 0.15) is 44.4 Å². The first-order valence-corrected chi connectivity index (χ1v) is 6.49. The highest BCUT2D eigenvalue weighted by atomic mass is 16.7. The zero-order chi connectivity index (χ0) is 22.1. The van der Waals surface area contributed by atoms with E-state index in [4.69, 9.17) is 20.3 Å². The molecule has 0 unspecified atom stereocenters. The van der Waals surface area contributed by atoms with Gasteiger partial charge in [-0.2, -0.15) is 5.10 Å². The fraction of sp³-hybridized carbons (Fsp3) is 0.467. The average molecular weight is 293 g/mol. The number of rotatable bonds is 2. The Morgan fingerprint density at radius 3 is 2.67 bits per heavy atom. The maximum Gasteiger partial charge on any atom is 0.498 e. The summed E-state index contributed by atoms with van der Waals surface area (Å²) in [7, 11) is -1.07. The summed E-state index contributed by atoms with van der Waals surface area (Å²) in [6.07, 6.45) is -1.43. The molecule has 1 fully saturated rings. The molecule has 0 aliphatic carbocycles. The van der Waals surface area contributed by atoms with Crippen LogP contribution in [0.2, 0.25) is 0 Å². The Morgan fingerprint density at radius 1 is 1.29 bits per heavy atom. The largest absolute Gasteiger partial charge is 0.498 e. The molecule has 0 saturated carbocycles. The van der Waals surface area contributed by atoms with Gasteiger partial charge in [0.25, 0.3) is 0 Å². The van der Waals surface area contributed by atoms with Crippen LogP contribution in [-0.4, -0.2) is 33.1 Å². The Morgan fingerprint density at radius 2 is 2.00 bits per heavy atom. The highest BCUT2D eigenvalue weighted by Gasteiger charge is 2.52. The second-order valence-corrected chi connectivity index (χ2v) is 5.81. The molecule has 5 nitrogen and oxygen atoms in total. The van der Waals surface area contributed by atoms with Gasteiger partial charge in [-0.25, -0.2) is 4.68 Å². The Hall–Kier alpha value is -1.66. The van der Waals surface area contributed by atoms with Crippen molar-refractivity contribution in [2.45, 2.75) is 45.7 Å². The van der Waals surface area contributed by atoms with E-state index in [1.807, 2.05) is 27.7 Å². The van der Waals surface area contributed by atoms with Crippen LogP contribution in [0.4, 0.5) is 0 Å². The first-order chi connectivity index (χ1) is 13.1. The van der Waals surface area contributed by atoms with Gasteiger partial charge in [0, 0.05) is 33.8 Å². The molecule has 0 spiro atoms. The van der Waals surface area contributed by atoms with Crippen molar-refractivity contribution < 1.29 is 20.3 Å². The highest BCUT2D eigenvalue weighted by molar-refractivity contribution is 6.62. The van der Waals surface area contributed by atoms with Crippen molar-refractivity contribution in [3.8, 4) is 5.69 Å². The van der Waals surface area contributed by atoms with Gasteiger partial charge in [-0.3, -0.25) is 4.98 Å². The normalized spacial score (nSPS) is 26.0. The predicted molar refractivity (Wildman–Crippen MR) is 81.8 cm³/mol. The van der Waals surface area contributed by atoms with Crippen LogP contribution in [0.25, 0.3) is 5.69 Å². The summed E-state index contributed by atoms with van der Waals surface area (Å²) in [6, 6.07) is -1.22. The first kappa shape index (κ1) is 7.56. The van der Waals surface area contributed by atoms with Crippen molar-refractivity contribution in [1.82, 2.24) is 14.8 Å². The van der Waals surface area contributed by atoms with E-state index in [1.165, 1.54) is 0 Å². The van der Waals surface area contributed by atoms with Crippen LogP contribution < -0.4 is 5.46 Å². The van der Waals surface area contributed by atoms with Gasteiger partial charge >= 0.3 is 7.12 Å². The zero-order valence-corrected chi connectivity index (χ0v) is 12.2. The Kier molecular flexibility index (Phi) is 1.68. The zero-order valence-electron chi connectivity index (χ0n) is 20.2. The van der Waals surface area contributed by atoms with Gasteiger partial charge < -0.3 is 9.31 Å². The maximum atomic E-state index is 8.45. The van der Waals surface area contributed by atoms with Crippen LogP contribution in [0.5, 0.6) is 0 Å². The molecular weight excluding hydrogens is 265 g/mol. The Labute approximate surface area is 136 Å². The topological polar surface area (TPSA) is 49.2 Å². The van der Waals surface area contributed by atoms with Gasteiger partial charge in [0.2, 0.25) is 0 Å². The molecule has 6 heteroatoms. The monoisotopic (exact) mass is 293 g/mol. The first-order valence-electron chi connectivity index (χ1n) is 10.5. The molecular formula is C15H20BN3O2. The molecule has 3 heterocycles. The summed E-state index contributed by atoms with van der Waals surface area (Å²) in [5.41, 5.74) is -2.54. The van der Waals surface area contributed by atoms with E-state index < -0.39 is 61.0 Å². The summed E-state index contributed by atoms with van der Waals surface area (Å²) in [4.78, 5) is 3.53. The summed E-state index contributed by atoms with van der Waals surface area (Å²) in [5, 5.41) is 3.91. The number of aryl methyl sites for hydroxylation is 1. The minimum absolute atomic E-state index is 0.0128. The molecule has 1 aliphatic rings. The third-order valence-electron chi connectivity index (χ3n) is 3.78. The van der Waals surface area contributed by atoms with Crippen molar-refractivity contribution in [1.29, 1.82) is 0 Å². The van der Waals surface area contributed by atoms with E-state index in [0.717, 1.165) is 4.68 Å². The third-order valence-corrected chi connectivity index (χ3v) is 3.78. The number of hydrogen-bond acceptors (Lipinski definition) is 4. The summed E-state index contributed by atoms with van der Waals surface area (Å²) in [5.74, 6) is 0. The van der Waals surface area contributed by atoms with Crippen molar-refractivity contribution in [2.24, 2.45) is 0 Å². The molecule has 1 aliphatic heterocycles. The van der Waals surface area contributed by atoms with E-state index in [-0.39, 0.29) is 11.6 Å². The van der Waals surface area contributed by atoms with Gasteiger partial charge in [0.1, 0.15) is 0 Å². The van der Waals surface area contributed by atoms with Gasteiger partial charge in [0.05, 0.1) is 23.7 Å². The van der Waals surface area contributed by atoms with Crippen LogP contribution in [0, 0.1) is 6.85 Å². The molecule has 0 atom stereocenters. The standard InChI is InChI=1S/C15H20BN3O2/c1-11-8-13(6-7-17-11)19-10-12(9-18-19)16-20-14(2,3)15(4,5)21-16/h6-10H,1-5H3/i1D3,6D,7D,8D,9D,10D. The summed E-state index contributed by atoms with van der Waals surface area (Å²) < 4.78 is 75.8. The average Bonchev–Trinajstić information content (AvgIpc) is 2.94. The van der Waals surface area contributed by atoms with Crippen LogP contribution in [-0.2, 0) is 9.31 Å². The van der Waals surface area contributed by atoms with E-state index in [0.29, 0.717) is 0 Å². The lowest BCUT2D eigenvalue weighted by molar-refractivity contribution is 0.00578. The van der Waals surface area contributed by atoms with Gasteiger partial charge in [-0.1, -0.05) is 0 Å². The van der Waals surface area contributed by atoms with Gasteiger partial charge in [0.15, 0.2) is 0 Å². The Bertz CT molecular complexity index is 973. The second kappa shape index (κ2) is 4.68. The van der Waals surface area contributed by atoms with Crippen LogP contribution >= 0.6 is 0 Å². The predicted octanol–water partition coefficient (Wildman–Crippen LogP) is 1.87. The molecule has 21 heavy (non-hydrogen) atoms. The smallest absolute Gasteiger partial charge is 0.399 e. The molecule has 2 aromatic heterocycles. The summed E-state index contributed by atoms with van der Waals surface area (Å²) in [6.45, 7) is 4.46. The number of pyridine rings is 1. The molecule has 0 amide bonds. The summed E-state index contributed by atoms with van der Waals surface area (Å²) >= 11 is 0. The quantitative estimate of drug-likeness (QED) is 0.793. The van der Waals surface area contributed by atoms with Crippen LogP contribution in [0.15, 0.2) is 30.6 Å².